The van der Waals surface area contributed by atoms with Gasteiger partial charge in [-0.05, 0) is 26.2 Å². The van der Waals surface area contributed by atoms with Crippen molar-refractivity contribution in [3.8, 4) is 0 Å². The van der Waals surface area contributed by atoms with Gasteiger partial charge in [0.15, 0.2) is 6.04 Å². The maximum Gasteiger partial charge on any atom is 0.331 e. The lowest BCUT2D eigenvalue weighted by Gasteiger charge is -2.21. The molecule has 0 spiro atoms. The first-order chi connectivity index (χ1) is 12.5. The van der Waals surface area contributed by atoms with E-state index in [1.807, 2.05) is 81.4 Å². The van der Waals surface area contributed by atoms with Crippen LogP contribution in [0, 0.1) is 5.92 Å². The van der Waals surface area contributed by atoms with E-state index in [1.54, 1.807) is 0 Å². The predicted octanol–water partition coefficient (Wildman–Crippen LogP) is 5.06. The van der Waals surface area contributed by atoms with Crippen LogP contribution in [0.5, 0.6) is 0 Å². The molecule has 0 fully saturated rings. The summed E-state index contributed by atoms with van der Waals surface area (Å²) in [6.45, 7) is 10.1. The normalized spacial score (nSPS) is 12.7. The second kappa shape index (κ2) is 9.71. The fraction of sp³-hybridized carbons (Fsp3) is 0.304. The second-order valence-corrected chi connectivity index (χ2v) is 6.55. The number of carbonyl (C=O) groups excluding carboxylic acids is 1. The second-order valence-electron chi connectivity index (χ2n) is 6.55. The highest BCUT2D eigenvalue weighted by Gasteiger charge is 2.27. The average molecular weight is 349 g/mol. The Kier molecular flexibility index (Phi) is 7.34. The molecule has 0 unspecified atom stereocenters. The standard InChI is InChI=1S/C23H27NO2/c1-5-26-23(25)21(18(4)16-17(2)3)24-22(19-12-8-6-9-13-19)20-14-10-7-11-15-20/h6-15,18,21H,2,5,16H2,1,3-4H3/t18-,21-/m0/s1. The molecule has 0 aromatic heterocycles. The molecule has 0 radical (unpaired) electrons. The molecule has 0 heterocycles. The Morgan fingerprint density at radius 1 is 1.04 bits per heavy atom. The summed E-state index contributed by atoms with van der Waals surface area (Å²) in [4.78, 5) is 17.5. The lowest BCUT2D eigenvalue weighted by Crippen LogP contribution is -2.30. The van der Waals surface area contributed by atoms with E-state index in [1.165, 1.54) is 0 Å². The van der Waals surface area contributed by atoms with E-state index in [-0.39, 0.29) is 11.9 Å². The summed E-state index contributed by atoms with van der Waals surface area (Å²) in [5.41, 5.74) is 3.80. The summed E-state index contributed by atoms with van der Waals surface area (Å²) < 4.78 is 5.30. The average Bonchev–Trinajstić information content (AvgIpc) is 2.63. The maximum absolute atomic E-state index is 12.6. The maximum atomic E-state index is 12.6. The van der Waals surface area contributed by atoms with Crippen molar-refractivity contribution in [3.63, 3.8) is 0 Å². The molecule has 0 amide bonds. The lowest BCUT2D eigenvalue weighted by molar-refractivity contribution is -0.145. The molecular weight excluding hydrogens is 322 g/mol. The van der Waals surface area contributed by atoms with Gasteiger partial charge in [-0.3, -0.25) is 4.99 Å². The number of rotatable bonds is 8. The number of carbonyl (C=O) groups is 1. The van der Waals surface area contributed by atoms with Crippen LogP contribution >= 0.6 is 0 Å². The van der Waals surface area contributed by atoms with E-state index in [0.29, 0.717) is 6.61 Å². The fourth-order valence-corrected chi connectivity index (χ4v) is 2.95. The monoisotopic (exact) mass is 349 g/mol. The van der Waals surface area contributed by atoms with Crippen LogP contribution < -0.4 is 0 Å². The highest BCUT2D eigenvalue weighted by atomic mass is 16.5. The van der Waals surface area contributed by atoms with Crippen LogP contribution in [0.3, 0.4) is 0 Å². The minimum absolute atomic E-state index is 0.00831. The van der Waals surface area contributed by atoms with Crippen molar-refractivity contribution in [1.82, 2.24) is 0 Å². The molecule has 2 rings (SSSR count). The molecule has 26 heavy (non-hydrogen) atoms. The number of aliphatic imine (C=N–C) groups is 1. The van der Waals surface area contributed by atoms with Gasteiger partial charge in [0.1, 0.15) is 0 Å². The molecule has 2 atom stereocenters. The van der Waals surface area contributed by atoms with Crippen molar-refractivity contribution in [1.29, 1.82) is 0 Å². The SMILES string of the molecule is C=C(C)C[C@H](C)[C@H](N=C(c1ccccc1)c1ccccc1)C(=O)OCC. The van der Waals surface area contributed by atoms with Crippen LogP contribution in [0.15, 0.2) is 77.8 Å². The zero-order chi connectivity index (χ0) is 18.9. The Morgan fingerprint density at radius 2 is 1.54 bits per heavy atom. The first-order valence-electron chi connectivity index (χ1n) is 9.02. The third-order valence-electron chi connectivity index (χ3n) is 4.10. The van der Waals surface area contributed by atoms with E-state index >= 15 is 0 Å². The highest BCUT2D eigenvalue weighted by Crippen LogP contribution is 2.21. The van der Waals surface area contributed by atoms with Gasteiger partial charge in [-0.1, -0.05) is 73.2 Å². The summed E-state index contributed by atoms with van der Waals surface area (Å²) in [6, 6.07) is 19.3. The van der Waals surface area contributed by atoms with E-state index < -0.39 is 6.04 Å². The number of ether oxygens (including phenoxy) is 1. The zero-order valence-electron chi connectivity index (χ0n) is 15.8. The number of hydrogen-bond acceptors (Lipinski definition) is 3. The molecule has 0 aliphatic rings. The third kappa shape index (κ3) is 5.41. The predicted molar refractivity (Wildman–Crippen MR) is 108 cm³/mol. The van der Waals surface area contributed by atoms with Crippen LogP contribution in [0.4, 0.5) is 0 Å². The molecule has 3 heteroatoms. The minimum atomic E-state index is -0.568. The quantitative estimate of drug-likeness (QED) is 0.380. The molecule has 0 aliphatic heterocycles. The molecule has 2 aromatic rings. The fourth-order valence-electron chi connectivity index (χ4n) is 2.95. The smallest absolute Gasteiger partial charge is 0.331 e. The van der Waals surface area contributed by atoms with Crippen molar-refractivity contribution in [2.45, 2.75) is 33.2 Å². The van der Waals surface area contributed by atoms with Gasteiger partial charge in [-0.2, -0.15) is 0 Å². The Hall–Kier alpha value is -2.68. The largest absolute Gasteiger partial charge is 0.464 e. The van der Waals surface area contributed by atoms with E-state index in [2.05, 4.69) is 6.58 Å². The van der Waals surface area contributed by atoms with Gasteiger partial charge in [0, 0.05) is 11.1 Å². The summed E-state index contributed by atoms with van der Waals surface area (Å²) in [6.07, 6.45) is 0.726. The van der Waals surface area contributed by atoms with E-state index in [9.17, 15) is 4.79 Å². The van der Waals surface area contributed by atoms with Crippen LogP contribution in [0.1, 0.15) is 38.3 Å². The number of hydrogen-bond donors (Lipinski definition) is 0. The first-order valence-corrected chi connectivity index (χ1v) is 9.02. The highest BCUT2D eigenvalue weighted by molar-refractivity contribution is 6.13. The molecule has 0 saturated heterocycles. The molecule has 0 saturated carbocycles. The van der Waals surface area contributed by atoms with Crippen molar-refractivity contribution in [3.05, 3.63) is 83.9 Å². The summed E-state index contributed by atoms with van der Waals surface area (Å²) in [5.74, 6) is -0.278. The van der Waals surface area contributed by atoms with Crippen LogP contribution in [0.25, 0.3) is 0 Å². The lowest BCUT2D eigenvalue weighted by atomic mass is 9.94. The number of allylic oxidation sites excluding steroid dienone is 1. The van der Waals surface area contributed by atoms with E-state index in [0.717, 1.165) is 28.8 Å². The topological polar surface area (TPSA) is 38.7 Å². The number of esters is 1. The summed E-state index contributed by atoms with van der Waals surface area (Å²) in [5, 5.41) is 0. The Labute approximate surface area is 156 Å². The van der Waals surface area contributed by atoms with Gasteiger partial charge < -0.3 is 4.74 Å². The van der Waals surface area contributed by atoms with Crippen molar-refractivity contribution < 1.29 is 9.53 Å². The van der Waals surface area contributed by atoms with Gasteiger partial charge in [0.25, 0.3) is 0 Å². The van der Waals surface area contributed by atoms with Gasteiger partial charge in [-0.25, -0.2) is 4.79 Å². The van der Waals surface area contributed by atoms with E-state index in [4.69, 9.17) is 9.73 Å². The number of benzene rings is 2. The Morgan fingerprint density at radius 3 is 1.96 bits per heavy atom. The Bertz CT molecular complexity index is 709. The van der Waals surface area contributed by atoms with Crippen LogP contribution in [-0.4, -0.2) is 24.3 Å². The molecule has 0 aliphatic carbocycles. The van der Waals surface area contributed by atoms with Gasteiger partial charge in [0.05, 0.1) is 12.3 Å². The molecule has 3 nitrogen and oxygen atoms in total. The molecule has 0 bridgehead atoms. The molecular formula is C23H27NO2. The summed E-state index contributed by atoms with van der Waals surface area (Å²) in [7, 11) is 0. The van der Waals surface area contributed by atoms with Crippen molar-refractivity contribution in [2.24, 2.45) is 10.9 Å². The first kappa shape index (κ1) is 19.6. The van der Waals surface area contributed by atoms with Gasteiger partial charge in [0.2, 0.25) is 0 Å². The van der Waals surface area contributed by atoms with Gasteiger partial charge >= 0.3 is 5.97 Å². The van der Waals surface area contributed by atoms with Crippen LogP contribution in [-0.2, 0) is 9.53 Å². The van der Waals surface area contributed by atoms with Crippen molar-refractivity contribution >= 4 is 11.7 Å². The molecule has 2 aromatic carbocycles. The Balaban J connectivity index is 2.51. The zero-order valence-corrected chi connectivity index (χ0v) is 15.8. The van der Waals surface area contributed by atoms with Gasteiger partial charge in [-0.15, -0.1) is 6.58 Å². The number of nitrogens with zero attached hydrogens (tertiary/aromatic N) is 1. The summed E-state index contributed by atoms with van der Waals surface area (Å²) >= 11 is 0. The molecule has 136 valence electrons. The third-order valence-corrected chi connectivity index (χ3v) is 4.10. The minimum Gasteiger partial charge on any atom is -0.464 e. The van der Waals surface area contributed by atoms with Crippen LogP contribution in [0.2, 0.25) is 0 Å². The van der Waals surface area contributed by atoms with Crippen molar-refractivity contribution in [2.75, 3.05) is 6.61 Å². The molecule has 0 N–H and O–H groups in total.